The maximum absolute atomic E-state index is 4.46. The molecule has 0 aromatic carbocycles. The lowest BCUT2D eigenvalue weighted by Gasteiger charge is -2.07. The highest BCUT2D eigenvalue weighted by Crippen LogP contribution is 2.17. The molecule has 0 unspecified atom stereocenters. The average Bonchev–Trinajstić information content (AvgIpc) is 2.48. The lowest BCUT2D eigenvalue weighted by Crippen LogP contribution is -2.22. The fourth-order valence-corrected chi connectivity index (χ4v) is 1.65. The summed E-state index contributed by atoms with van der Waals surface area (Å²) in [5.41, 5.74) is 1.13. The Labute approximate surface area is 83.8 Å². The molecule has 3 nitrogen and oxygen atoms in total. The normalized spacial score (nSPS) is 10.8. The van der Waals surface area contributed by atoms with E-state index in [2.05, 4.69) is 29.5 Å². The van der Waals surface area contributed by atoms with Crippen LogP contribution in [0.5, 0.6) is 0 Å². The van der Waals surface area contributed by atoms with Crippen molar-refractivity contribution in [3.05, 3.63) is 11.1 Å². The van der Waals surface area contributed by atoms with E-state index in [4.69, 9.17) is 0 Å². The molecule has 0 saturated heterocycles. The zero-order valence-corrected chi connectivity index (χ0v) is 9.48. The van der Waals surface area contributed by atoms with Gasteiger partial charge in [-0.15, -0.1) is 11.3 Å². The van der Waals surface area contributed by atoms with Gasteiger partial charge in [-0.1, -0.05) is 13.8 Å². The number of nitrogens with zero attached hydrogens (tertiary/aromatic N) is 2. The van der Waals surface area contributed by atoms with Gasteiger partial charge in [-0.05, 0) is 0 Å². The Morgan fingerprint density at radius 1 is 1.54 bits per heavy atom. The number of nitrogens with one attached hydrogen (secondary N) is 1. The standard InChI is InChI=1S/C9H17N3S/c1-7(2)10-5-8-6-13-9(11-8)12(3)4/h6-7,10H,5H2,1-4H3. The van der Waals surface area contributed by atoms with Gasteiger partial charge >= 0.3 is 0 Å². The Hall–Kier alpha value is -0.610. The van der Waals surface area contributed by atoms with Crippen molar-refractivity contribution in [3.8, 4) is 0 Å². The molecule has 0 spiro atoms. The van der Waals surface area contributed by atoms with Crippen LogP contribution in [-0.2, 0) is 6.54 Å². The molecule has 0 saturated carbocycles. The van der Waals surface area contributed by atoms with Crippen LogP contribution in [0, 0.1) is 0 Å². The number of hydrogen-bond acceptors (Lipinski definition) is 4. The van der Waals surface area contributed by atoms with E-state index in [-0.39, 0.29) is 0 Å². The largest absolute Gasteiger partial charge is 0.354 e. The molecule has 74 valence electrons. The van der Waals surface area contributed by atoms with Gasteiger partial charge in [-0.3, -0.25) is 0 Å². The predicted molar refractivity (Wildman–Crippen MR) is 58.4 cm³/mol. The molecule has 0 amide bonds. The summed E-state index contributed by atoms with van der Waals surface area (Å²) in [6, 6.07) is 0.518. The van der Waals surface area contributed by atoms with Crippen LogP contribution in [0.2, 0.25) is 0 Å². The van der Waals surface area contributed by atoms with Gasteiger partial charge in [0.25, 0.3) is 0 Å². The molecule has 1 aromatic heterocycles. The highest BCUT2D eigenvalue weighted by Gasteiger charge is 2.03. The Morgan fingerprint density at radius 2 is 2.23 bits per heavy atom. The summed E-state index contributed by atoms with van der Waals surface area (Å²) in [5, 5.41) is 6.51. The zero-order valence-electron chi connectivity index (χ0n) is 8.66. The van der Waals surface area contributed by atoms with Crippen molar-refractivity contribution in [1.29, 1.82) is 0 Å². The van der Waals surface area contributed by atoms with Crippen molar-refractivity contribution in [2.75, 3.05) is 19.0 Å². The van der Waals surface area contributed by atoms with Crippen LogP contribution in [0.15, 0.2) is 5.38 Å². The monoisotopic (exact) mass is 199 g/mol. The summed E-state index contributed by atoms with van der Waals surface area (Å²) in [5.74, 6) is 0. The van der Waals surface area contributed by atoms with Gasteiger partial charge in [-0.25, -0.2) is 4.98 Å². The molecule has 0 fully saturated rings. The zero-order chi connectivity index (χ0) is 9.84. The van der Waals surface area contributed by atoms with Gasteiger partial charge < -0.3 is 10.2 Å². The third-order valence-corrected chi connectivity index (χ3v) is 2.67. The third-order valence-electron chi connectivity index (χ3n) is 1.61. The van der Waals surface area contributed by atoms with E-state index >= 15 is 0 Å². The van der Waals surface area contributed by atoms with E-state index in [0.29, 0.717) is 6.04 Å². The molecule has 13 heavy (non-hydrogen) atoms. The van der Waals surface area contributed by atoms with Crippen LogP contribution in [0.25, 0.3) is 0 Å². The molecule has 1 rings (SSSR count). The van der Waals surface area contributed by atoms with E-state index in [1.54, 1.807) is 11.3 Å². The lowest BCUT2D eigenvalue weighted by atomic mass is 10.4. The Bertz CT molecular complexity index is 255. The van der Waals surface area contributed by atoms with Crippen LogP contribution >= 0.6 is 11.3 Å². The van der Waals surface area contributed by atoms with Gasteiger partial charge in [0.05, 0.1) is 5.69 Å². The van der Waals surface area contributed by atoms with Gasteiger partial charge in [-0.2, -0.15) is 0 Å². The van der Waals surface area contributed by atoms with Gasteiger partial charge in [0.15, 0.2) is 5.13 Å². The molecule has 1 aromatic rings. The number of aromatic nitrogens is 1. The fourth-order valence-electron chi connectivity index (χ4n) is 0.892. The van der Waals surface area contributed by atoms with E-state index in [0.717, 1.165) is 17.4 Å². The van der Waals surface area contributed by atoms with Gasteiger partial charge in [0, 0.05) is 32.1 Å². The molecule has 1 heterocycles. The summed E-state index contributed by atoms with van der Waals surface area (Å²) >= 11 is 1.68. The van der Waals surface area contributed by atoms with Crippen LogP contribution in [0.1, 0.15) is 19.5 Å². The van der Waals surface area contributed by atoms with E-state index < -0.39 is 0 Å². The van der Waals surface area contributed by atoms with Crippen molar-refractivity contribution < 1.29 is 0 Å². The van der Waals surface area contributed by atoms with E-state index in [1.807, 2.05) is 19.0 Å². The number of anilines is 1. The topological polar surface area (TPSA) is 28.2 Å². The van der Waals surface area contributed by atoms with E-state index in [9.17, 15) is 0 Å². The minimum absolute atomic E-state index is 0.518. The van der Waals surface area contributed by atoms with E-state index in [1.165, 1.54) is 0 Å². The molecule has 0 bridgehead atoms. The first-order valence-electron chi connectivity index (χ1n) is 4.44. The summed E-state index contributed by atoms with van der Waals surface area (Å²) in [6.07, 6.45) is 0. The first-order chi connectivity index (χ1) is 6.09. The number of thiazole rings is 1. The summed E-state index contributed by atoms with van der Waals surface area (Å²) < 4.78 is 0. The second-order valence-corrected chi connectivity index (χ2v) is 4.39. The summed E-state index contributed by atoms with van der Waals surface area (Å²) in [7, 11) is 4.02. The predicted octanol–water partition coefficient (Wildman–Crippen LogP) is 1.71. The van der Waals surface area contributed by atoms with Crippen LogP contribution < -0.4 is 10.2 Å². The van der Waals surface area contributed by atoms with Gasteiger partial charge in [0.1, 0.15) is 0 Å². The third kappa shape index (κ3) is 3.32. The average molecular weight is 199 g/mol. The van der Waals surface area contributed by atoms with Crippen molar-refractivity contribution in [1.82, 2.24) is 10.3 Å². The first kappa shape index (κ1) is 10.5. The molecule has 4 heteroatoms. The molecular weight excluding hydrogens is 182 g/mol. The van der Waals surface area contributed by atoms with Crippen molar-refractivity contribution in [2.24, 2.45) is 0 Å². The smallest absolute Gasteiger partial charge is 0.185 e. The fraction of sp³-hybridized carbons (Fsp3) is 0.667. The van der Waals surface area contributed by atoms with Crippen LogP contribution in [-0.4, -0.2) is 25.1 Å². The highest BCUT2D eigenvalue weighted by molar-refractivity contribution is 7.13. The lowest BCUT2D eigenvalue weighted by molar-refractivity contribution is 0.583. The van der Waals surface area contributed by atoms with Crippen molar-refractivity contribution in [3.63, 3.8) is 0 Å². The molecule has 0 aliphatic carbocycles. The number of hydrogen-bond donors (Lipinski definition) is 1. The molecule has 0 aliphatic rings. The number of rotatable bonds is 4. The Kier molecular flexibility index (Phi) is 3.69. The first-order valence-corrected chi connectivity index (χ1v) is 5.32. The minimum atomic E-state index is 0.518. The molecule has 0 atom stereocenters. The maximum Gasteiger partial charge on any atom is 0.185 e. The van der Waals surface area contributed by atoms with Crippen molar-refractivity contribution >= 4 is 16.5 Å². The molecular formula is C9H17N3S. The molecule has 0 radical (unpaired) electrons. The quantitative estimate of drug-likeness (QED) is 0.800. The van der Waals surface area contributed by atoms with Crippen molar-refractivity contribution in [2.45, 2.75) is 26.4 Å². The highest BCUT2D eigenvalue weighted by atomic mass is 32.1. The summed E-state index contributed by atoms with van der Waals surface area (Å²) in [6.45, 7) is 5.14. The van der Waals surface area contributed by atoms with Gasteiger partial charge in [0.2, 0.25) is 0 Å². The second-order valence-electron chi connectivity index (χ2n) is 3.55. The minimum Gasteiger partial charge on any atom is -0.354 e. The van der Waals surface area contributed by atoms with Crippen LogP contribution in [0.4, 0.5) is 5.13 Å². The Morgan fingerprint density at radius 3 is 2.69 bits per heavy atom. The summed E-state index contributed by atoms with van der Waals surface area (Å²) in [4.78, 5) is 6.49. The second kappa shape index (κ2) is 4.58. The molecule has 1 N–H and O–H groups in total. The Balaban J connectivity index is 2.49. The maximum atomic E-state index is 4.46. The molecule has 0 aliphatic heterocycles. The van der Waals surface area contributed by atoms with Crippen LogP contribution in [0.3, 0.4) is 0 Å². The SMILES string of the molecule is CC(C)NCc1csc(N(C)C)n1.